The van der Waals surface area contributed by atoms with Crippen LogP contribution in [0, 0.1) is 11.8 Å². The molecule has 1 unspecified atom stereocenters. The van der Waals surface area contributed by atoms with Crippen LogP contribution in [-0.2, 0) is 25.7 Å². The van der Waals surface area contributed by atoms with Crippen LogP contribution in [0.5, 0.6) is 5.75 Å². The fraction of sp³-hybridized carbons (Fsp3) is 0.643. The van der Waals surface area contributed by atoms with Gasteiger partial charge in [0.15, 0.2) is 6.61 Å². The van der Waals surface area contributed by atoms with E-state index < -0.39 is 12.1 Å². The number of amides is 4. The van der Waals surface area contributed by atoms with Crippen molar-refractivity contribution in [2.24, 2.45) is 11.8 Å². The molecule has 0 radical (unpaired) electrons. The van der Waals surface area contributed by atoms with Gasteiger partial charge in [0.25, 0.3) is 5.91 Å². The highest BCUT2D eigenvalue weighted by Crippen LogP contribution is 2.30. The number of fused-ring (bicyclic) bond motifs is 2. The minimum Gasteiger partial charge on any atom is -0.483 e. The fourth-order valence-corrected chi connectivity index (χ4v) is 5.96. The Labute approximate surface area is 229 Å². The Hall–Kier alpha value is -2.81. The van der Waals surface area contributed by atoms with Gasteiger partial charge in [-0.1, -0.05) is 37.8 Å². The monoisotopic (exact) mass is 546 g/mol. The van der Waals surface area contributed by atoms with Crippen LogP contribution in [0.4, 0.5) is 0 Å². The Kier molecular flexibility index (Phi) is 9.88. The zero-order chi connectivity index (χ0) is 27.1. The number of ether oxygens (including phenoxy) is 1. The highest BCUT2D eigenvalue weighted by atomic mass is 35.5. The van der Waals surface area contributed by atoms with Crippen molar-refractivity contribution in [3.05, 3.63) is 28.8 Å². The van der Waals surface area contributed by atoms with Crippen LogP contribution in [0.1, 0.15) is 70.3 Å². The zero-order valence-corrected chi connectivity index (χ0v) is 22.9. The molecule has 1 saturated carbocycles. The maximum atomic E-state index is 13.9. The normalized spacial score (nSPS) is 27.0. The molecular formula is C28H39ClN4O5. The summed E-state index contributed by atoms with van der Waals surface area (Å²) in [5.41, 5.74) is 0.647. The van der Waals surface area contributed by atoms with E-state index in [2.05, 4.69) is 16.0 Å². The Bertz CT molecular complexity index is 1030. The lowest BCUT2D eigenvalue weighted by Crippen LogP contribution is -2.56. The molecule has 1 aliphatic carbocycles. The maximum absolute atomic E-state index is 13.9. The maximum Gasteiger partial charge on any atom is 0.257 e. The third-order valence-electron chi connectivity index (χ3n) is 7.87. The second-order valence-electron chi connectivity index (χ2n) is 10.8. The van der Waals surface area contributed by atoms with E-state index in [4.69, 9.17) is 16.3 Å². The first-order valence-corrected chi connectivity index (χ1v) is 14.2. The first kappa shape index (κ1) is 28.2. The van der Waals surface area contributed by atoms with E-state index in [1.165, 1.54) is 0 Å². The highest BCUT2D eigenvalue weighted by molar-refractivity contribution is 6.30. The van der Waals surface area contributed by atoms with Crippen molar-refractivity contribution in [1.82, 2.24) is 20.9 Å². The number of hydrogen-bond acceptors (Lipinski definition) is 5. The van der Waals surface area contributed by atoms with Crippen molar-refractivity contribution < 1.29 is 23.9 Å². The van der Waals surface area contributed by atoms with Gasteiger partial charge in [-0.3, -0.25) is 19.2 Å². The number of benzene rings is 1. The average molecular weight is 547 g/mol. The minimum atomic E-state index is -0.627. The van der Waals surface area contributed by atoms with Gasteiger partial charge in [0.05, 0.1) is 0 Å². The molecule has 10 heteroatoms. The van der Waals surface area contributed by atoms with E-state index in [9.17, 15) is 19.2 Å². The fourth-order valence-electron chi connectivity index (χ4n) is 5.76. The van der Waals surface area contributed by atoms with Gasteiger partial charge in [-0.25, -0.2) is 0 Å². The van der Waals surface area contributed by atoms with E-state index in [-0.39, 0.29) is 55.0 Å². The van der Waals surface area contributed by atoms with Crippen molar-refractivity contribution in [1.29, 1.82) is 0 Å². The van der Waals surface area contributed by atoms with Crippen LogP contribution in [0.15, 0.2) is 18.2 Å². The highest BCUT2D eigenvalue weighted by Gasteiger charge is 2.40. The van der Waals surface area contributed by atoms with Gasteiger partial charge in [-0.05, 0) is 62.1 Å². The molecule has 3 N–H and O–H groups in total. The summed E-state index contributed by atoms with van der Waals surface area (Å²) in [6.07, 6.45) is 7.18. The van der Waals surface area contributed by atoms with E-state index >= 15 is 0 Å². The van der Waals surface area contributed by atoms with Crippen molar-refractivity contribution in [3.63, 3.8) is 0 Å². The van der Waals surface area contributed by atoms with Crippen LogP contribution < -0.4 is 20.7 Å². The first-order valence-electron chi connectivity index (χ1n) is 13.9. The minimum absolute atomic E-state index is 0.0218. The van der Waals surface area contributed by atoms with Gasteiger partial charge in [0, 0.05) is 36.6 Å². The van der Waals surface area contributed by atoms with Gasteiger partial charge in [-0.2, -0.15) is 0 Å². The second-order valence-corrected chi connectivity index (χ2v) is 11.3. The van der Waals surface area contributed by atoms with Gasteiger partial charge in [-0.15, -0.1) is 0 Å². The summed E-state index contributed by atoms with van der Waals surface area (Å²) in [6, 6.07) is 3.83. The van der Waals surface area contributed by atoms with Gasteiger partial charge < -0.3 is 25.6 Å². The van der Waals surface area contributed by atoms with E-state index in [0.29, 0.717) is 42.3 Å². The number of hydrogen-bond donors (Lipinski definition) is 3. The Morgan fingerprint density at radius 1 is 0.947 bits per heavy atom. The molecule has 3 atom stereocenters. The lowest BCUT2D eigenvalue weighted by molar-refractivity contribution is -0.143. The second kappa shape index (κ2) is 13.3. The lowest BCUT2D eigenvalue weighted by Gasteiger charge is -2.34. The number of nitrogens with zero attached hydrogens (tertiary/aromatic N) is 1. The van der Waals surface area contributed by atoms with Crippen LogP contribution in [0.3, 0.4) is 0 Å². The Balaban J connectivity index is 1.57. The number of nitrogens with one attached hydrogen (secondary N) is 3. The lowest BCUT2D eigenvalue weighted by atomic mass is 9.83. The van der Waals surface area contributed by atoms with E-state index in [1.54, 1.807) is 23.1 Å². The number of carbonyl (C=O) groups excluding carboxylic acids is 4. The number of rotatable bonds is 1. The summed E-state index contributed by atoms with van der Waals surface area (Å²) < 4.78 is 5.73. The van der Waals surface area contributed by atoms with Crippen LogP contribution >= 0.6 is 11.6 Å². The molecule has 2 aliphatic heterocycles. The van der Waals surface area contributed by atoms with Gasteiger partial charge >= 0.3 is 0 Å². The van der Waals surface area contributed by atoms with E-state index in [1.807, 2.05) is 6.92 Å². The van der Waals surface area contributed by atoms with Gasteiger partial charge in [0.2, 0.25) is 17.7 Å². The number of halogens is 1. The topological polar surface area (TPSA) is 117 Å². The van der Waals surface area contributed by atoms with Gasteiger partial charge in [0.1, 0.15) is 17.8 Å². The van der Waals surface area contributed by atoms with Crippen LogP contribution in [0.25, 0.3) is 0 Å². The molecule has 0 aromatic heterocycles. The quantitative estimate of drug-likeness (QED) is 0.501. The standard InChI is InChI=1S/C28H39ClN4O5/c1-18-11-12-30-25(35)17-38-23-10-9-21(29)15-20(23)16-31-27(36)22-8-5-13-33(22)28(37)26(32-24(34)14-18)19-6-3-2-4-7-19/h9-10,15,18-19,22,26H,2-8,11-14,16-17H2,1H3,(H,30,35)(H,31,36)(H,32,34)/t18?,22-,26+/m0/s1. The SMILES string of the molecule is CC1CCNC(=O)COc2ccc(Cl)cc2CNC(=O)[C@@H]2CCCN2C(=O)[C@@H](C2CCCCC2)NC(=O)C1. The third kappa shape index (κ3) is 7.40. The third-order valence-corrected chi connectivity index (χ3v) is 8.10. The van der Waals surface area contributed by atoms with Crippen molar-refractivity contribution in [2.75, 3.05) is 19.7 Å². The molecule has 38 heavy (non-hydrogen) atoms. The summed E-state index contributed by atoms with van der Waals surface area (Å²) in [7, 11) is 0. The Morgan fingerprint density at radius 2 is 1.74 bits per heavy atom. The molecule has 4 rings (SSSR count). The van der Waals surface area contributed by atoms with E-state index in [0.717, 1.165) is 38.5 Å². The molecule has 2 fully saturated rings. The predicted octanol–water partition coefficient (Wildman–Crippen LogP) is 2.94. The van der Waals surface area contributed by atoms with Crippen molar-refractivity contribution in [2.45, 2.75) is 83.3 Å². The first-order chi connectivity index (χ1) is 18.3. The zero-order valence-electron chi connectivity index (χ0n) is 22.1. The molecular weight excluding hydrogens is 508 g/mol. The molecule has 2 heterocycles. The summed E-state index contributed by atoms with van der Waals surface area (Å²) in [5, 5.41) is 9.31. The molecule has 208 valence electrons. The average Bonchev–Trinajstić information content (AvgIpc) is 3.39. The largest absolute Gasteiger partial charge is 0.483 e. The van der Waals surface area contributed by atoms with Crippen LogP contribution in [0.2, 0.25) is 5.02 Å². The van der Waals surface area contributed by atoms with Crippen molar-refractivity contribution in [3.8, 4) is 5.75 Å². The van der Waals surface area contributed by atoms with Crippen molar-refractivity contribution >= 4 is 35.2 Å². The summed E-state index contributed by atoms with van der Waals surface area (Å²) in [6.45, 7) is 2.84. The summed E-state index contributed by atoms with van der Waals surface area (Å²) >= 11 is 6.19. The number of carbonyl (C=O) groups is 4. The molecule has 4 amide bonds. The molecule has 0 spiro atoms. The molecule has 1 aromatic rings. The smallest absolute Gasteiger partial charge is 0.257 e. The summed E-state index contributed by atoms with van der Waals surface area (Å²) in [4.78, 5) is 54.2. The Morgan fingerprint density at radius 3 is 2.53 bits per heavy atom. The molecule has 1 aromatic carbocycles. The molecule has 3 aliphatic rings. The summed E-state index contributed by atoms with van der Waals surface area (Å²) in [5.74, 6) is -0.293. The predicted molar refractivity (Wildman–Crippen MR) is 143 cm³/mol. The van der Waals surface area contributed by atoms with Crippen LogP contribution in [-0.4, -0.2) is 60.3 Å². The molecule has 1 saturated heterocycles. The molecule has 9 nitrogen and oxygen atoms in total. The molecule has 0 bridgehead atoms.